The molecular formula is C22H28N6O3S. The molecule has 32 heavy (non-hydrogen) atoms. The second-order valence-corrected chi connectivity index (χ2v) is 9.76. The summed E-state index contributed by atoms with van der Waals surface area (Å²) < 4.78 is 1.52. The molecular weight excluding hydrogens is 428 g/mol. The summed E-state index contributed by atoms with van der Waals surface area (Å²) in [7, 11) is 0. The molecule has 2 heterocycles. The summed E-state index contributed by atoms with van der Waals surface area (Å²) in [5, 5.41) is 43.1. The molecule has 4 N–H and O–H groups in total. The molecule has 5 rings (SSSR count). The molecule has 3 aromatic rings. The highest BCUT2D eigenvalue weighted by molar-refractivity contribution is 7.99. The fourth-order valence-electron chi connectivity index (χ4n) is 4.36. The minimum atomic E-state index is -1.21. The number of rotatable bonds is 8. The maximum atomic E-state index is 10.4. The lowest BCUT2D eigenvalue weighted by Crippen LogP contribution is -2.31. The van der Waals surface area contributed by atoms with Gasteiger partial charge in [-0.25, -0.2) is 14.6 Å². The molecule has 170 valence electrons. The standard InChI is InChI=1S/C22H28N6O3S/c1-2-8-32-22-24-20(23-14-10-13(14)9-12-6-4-3-5-7-12)17-21(25-22)28(27-26-17)15-11-16(29)19(31)18(15)30/h3-7,13-16,18-19,29-31H,2,8-11H2,1H3,(H,23,24,25). The van der Waals surface area contributed by atoms with E-state index in [2.05, 4.69) is 51.8 Å². The first-order valence-corrected chi connectivity index (χ1v) is 12.1. The van der Waals surface area contributed by atoms with E-state index >= 15 is 0 Å². The number of nitrogens with zero attached hydrogens (tertiary/aromatic N) is 5. The molecule has 9 nitrogen and oxygen atoms in total. The topological polar surface area (TPSA) is 129 Å². The van der Waals surface area contributed by atoms with Crippen molar-refractivity contribution in [3.05, 3.63) is 35.9 Å². The van der Waals surface area contributed by atoms with E-state index in [-0.39, 0.29) is 6.42 Å². The number of aliphatic hydroxyl groups excluding tert-OH is 3. The van der Waals surface area contributed by atoms with Crippen molar-refractivity contribution < 1.29 is 15.3 Å². The first-order chi connectivity index (χ1) is 15.5. The van der Waals surface area contributed by atoms with Gasteiger partial charge in [0.15, 0.2) is 22.1 Å². The molecule has 0 radical (unpaired) electrons. The van der Waals surface area contributed by atoms with Crippen LogP contribution in [0.5, 0.6) is 0 Å². The maximum Gasteiger partial charge on any atom is 0.191 e. The maximum absolute atomic E-state index is 10.4. The molecule has 2 aromatic heterocycles. The Morgan fingerprint density at radius 2 is 1.91 bits per heavy atom. The Balaban J connectivity index is 1.41. The van der Waals surface area contributed by atoms with Crippen LogP contribution in [0.4, 0.5) is 5.82 Å². The Morgan fingerprint density at radius 3 is 2.62 bits per heavy atom. The van der Waals surface area contributed by atoms with Crippen LogP contribution in [0, 0.1) is 5.92 Å². The molecule has 0 amide bonds. The lowest BCUT2D eigenvalue weighted by atomic mass is 10.1. The number of benzene rings is 1. The van der Waals surface area contributed by atoms with Crippen molar-refractivity contribution in [2.24, 2.45) is 5.92 Å². The second-order valence-electron chi connectivity index (χ2n) is 8.70. The molecule has 1 aromatic carbocycles. The van der Waals surface area contributed by atoms with Gasteiger partial charge in [0.2, 0.25) is 0 Å². The first-order valence-electron chi connectivity index (χ1n) is 11.2. The average molecular weight is 457 g/mol. The zero-order chi connectivity index (χ0) is 22.2. The van der Waals surface area contributed by atoms with E-state index in [0.717, 1.165) is 25.0 Å². The zero-order valence-corrected chi connectivity index (χ0v) is 18.7. The Kier molecular flexibility index (Phi) is 6.02. The van der Waals surface area contributed by atoms with Gasteiger partial charge in [-0.1, -0.05) is 54.2 Å². The molecule has 2 saturated carbocycles. The predicted octanol–water partition coefficient (Wildman–Crippen LogP) is 1.79. The van der Waals surface area contributed by atoms with Crippen LogP contribution in [0.2, 0.25) is 0 Å². The van der Waals surface area contributed by atoms with Gasteiger partial charge < -0.3 is 20.6 Å². The average Bonchev–Trinajstić information content (AvgIpc) is 3.28. The Labute approximate surface area is 190 Å². The third kappa shape index (κ3) is 4.19. The molecule has 2 aliphatic rings. The summed E-state index contributed by atoms with van der Waals surface area (Å²) in [5.41, 5.74) is 2.37. The highest BCUT2D eigenvalue weighted by Gasteiger charge is 2.43. The molecule has 2 aliphatic carbocycles. The summed E-state index contributed by atoms with van der Waals surface area (Å²) in [6, 6.07) is 10.2. The molecule has 0 spiro atoms. The van der Waals surface area contributed by atoms with Crippen LogP contribution in [0.25, 0.3) is 11.2 Å². The number of aromatic nitrogens is 5. The van der Waals surface area contributed by atoms with Gasteiger partial charge >= 0.3 is 0 Å². The highest BCUT2D eigenvalue weighted by atomic mass is 32.2. The third-order valence-electron chi connectivity index (χ3n) is 6.26. The van der Waals surface area contributed by atoms with E-state index in [9.17, 15) is 15.3 Å². The fourth-order valence-corrected chi connectivity index (χ4v) is 5.05. The lowest BCUT2D eigenvalue weighted by molar-refractivity contribution is -0.0253. The van der Waals surface area contributed by atoms with Gasteiger partial charge in [0.25, 0.3) is 0 Å². The van der Waals surface area contributed by atoms with E-state index in [4.69, 9.17) is 4.98 Å². The van der Waals surface area contributed by atoms with Crippen LogP contribution in [0.15, 0.2) is 35.5 Å². The Morgan fingerprint density at radius 1 is 1.09 bits per heavy atom. The lowest BCUT2D eigenvalue weighted by Gasteiger charge is -2.16. The summed E-state index contributed by atoms with van der Waals surface area (Å²) in [4.78, 5) is 9.36. The van der Waals surface area contributed by atoms with Crippen LogP contribution >= 0.6 is 11.8 Å². The third-order valence-corrected chi connectivity index (χ3v) is 7.31. The van der Waals surface area contributed by atoms with Gasteiger partial charge in [-0.15, -0.1) is 5.10 Å². The van der Waals surface area contributed by atoms with Crippen LogP contribution in [0.3, 0.4) is 0 Å². The molecule has 2 fully saturated rings. The van der Waals surface area contributed by atoms with E-state index in [0.29, 0.717) is 34.1 Å². The number of hydrogen-bond donors (Lipinski definition) is 4. The highest BCUT2D eigenvalue weighted by Crippen LogP contribution is 2.38. The summed E-state index contributed by atoms with van der Waals surface area (Å²) in [6.45, 7) is 2.10. The van der Waals surface area contributed by atoms with Crippen molar-refractivity contribution in [2.75, 3.05) is 11.1 Å². The van der Waals surface area contributed by atoms with Gasteiger partial charge in [0.05, 0.1) is 12.1 Å². The number of nitrogens with one attached hydrogen (secondary N) is 1. The van der Waals surface area contributed by atoms with Crippen molar-refractivity contribution in [2.45, 2.75) is 68.2 Å². The molecule has 6 atom stereocenters. The van der Waals surface area contributed by atoms with E-state index in [1.807, 2.05) is 6.07 Å². The molecule has 0 aliphatic heterocycles. The van der Waals surface area contributed by atoms with E-state index in [1.165, 1.54) is 10.2 Å². The first kappa shape index (κ1) is 21.6. The normalized spacial score (nSPS) is 29.5. The van der Waals surface area contributed by atoms with Gasteiger partial charge in [-0.3, -0.25) is 0 Å². The number of hydrogen-bond acceptors (Lipinski definition) is 9. The molecule has 6 unspecified atom stereocenters. The van der Waals surface area contributed by atoms with Crippen molar-refractivity contribution in [1.82, 2.24) is 25.0 Å². The summed E-state index contributed by atoms with van der Waals surface area (Å²) in [5.74, 6) is 2.07. The van der Waals surface area contributed by atoms with Crippen LogP contribution in [-0.4, -0.2) is 70.4 Å². The predicted molar refractivity (Wildman–Crippen MR) is 121 cm³/mol. The summed E-state index contributed by atoms with van der Waals surface area (Å²) >= 11 is 1.56. The van der Waals surface area contributed by atoms with Gasteiger partial charge in [0, 0.05) is 18.2 Å². The quantitative estimate of drug-likeness (QED) is 0.296. The Hall–Kier alpha value is -2.27. The number of fused-ring (bicyclic) bond motifs is 1. The number of anilines is 1. The largest absolute Gasteiger partial charge is 0.390 e. The molecule has 0 saturated heterocycles. The van der Waals surface area contributed by atoms with Crippen molar-refractivity contribution in [3.8, 4) is 0 Å². The number of aliphatic hydroxyl groups is 3. The monoisotopic (exact) mass is 456 g/mol. The fraction of sp³-hybridized carbons (Fsp3) is 0.545. The smallest absolute Gasteiger partial charge is 0.191 e. The SMILES string of the molecule is CCCSc1nc(NC2CC2Cc2ccccc2)c2nnn(C3CC(O)C(O)C3O)c2n1. The van der Waals surface area contributed by atoms with Crippen LogP contribution < -0.4 is 5.32 Å². The zero-order valence-electron chi connectivity index (χ0n) is 17.9. The minimum absolute atomic E-state index is 0.187. The molecule has 10 heteroatoms. The second kappa shape index (κ2) is 8.93. The van der Waals surface area contributed by atoms with E-state index in [1.54, 1.807) is 11.8 Å². The Bertz CT molecular complexity index is 1080. The minimum Gasteiger partial charge on any atom is -0.390 e. The van der Waals surface area contributed by atoms with Crippen LogP contribution in [-0.2, 0) is 6.42 Å². The number of thioether (sulfide) groups is 1. The molecule has 0 bridgehead atoms. The van der Waals surface area contributed by atoms with Crippen molar-refractivity contribution in [3.63, 3.8) is 0 Å². The van der Waals surface area contributed by atoms with E-state index < -0.39 is 24.4 Å². The van der Waals surface area contributed by atoms with Gasteiger partial charge in [-0.05, 0) is 30.7 Å². The van der Waals surface area contributed by atoms with Crippen molar-refractivity contribution in [1.29, 1.82) is 0 Å². The summed E-state index contributed by atoms with van der Waals surface area (Å²) in [6.07, 6.45) is -0.0925. The van der Waals surface area contributed by atoms with Crippen LogP contribution in [0.1, 0.15) is 37.8 Å². The van der Waals surface area contributed by atoms with Gasteiger partial charge in [-0.2, -0.15) is 0 Å². The van der Waals surface area contributed by atoms with Crippen molar-refractivity contribution >= 4 is 28.7 Å². The van der Waals surface area contributed by atoms with Gasteiger partial charge in [0.1, 0.15) is 12.2 Å².